The van der Waals surface area contributed by atoms with Crippen LogP contribution >= 0.6 is 0 Å². The molecule has 3 rings (SSSR count). The number of alkyl halides is 3. The van der Waals surface area contributed by atoms with Crippen molar-refractivity contribution in [2.24, 2.45) is 0 Å². The van der Waals surface area contributed by atoms with Gasteiger partial charge in [0.1, 0.15) is 0 Å². The minimum Gasteiger partial charge on any atom is -0.494 e. The van der Waals surface area contributed by atoms with Crippen molar-refractivity contribution in [3.63, 3.8) is 0 Å². The van der Waals surface area contributed by atoms with E-state index in [2.05, 4.69) is 4.90 Å². The minimum absolute atomic E-state index is 0.121. The first kappa shape index (κ1) is 25.0. The van der Waals surface area contributed by atoms with Crippen LogP contribution < -0.4 is 0 Å². The Morgan fingerprint density at radius 3 is 2.44 bits per heavy atom. The molecule has 3 N–H and O–H groups in total. The Hall–Kier alpha value is -3.65. The van der Waals surface area contributed by atoms with Crippen molar-refractivity contribution >= 4 is 12.2 Å². The topological polar surface area (TPSA) is 113 Å². The number of piperazine rings is 1. The molecule has 0 atom stereocenters. The Labute approximate surface area is 194 Å². The number of nitrogens with zero attached hydrogens (tertiary/aromatic N) is 4. The largest absolute Gasteiger partial charge is 0.494 e. The van der Waals surface area contributed by atoms with Gasteiger partial charge in [-0.2, -0.15) is 18.4 Å². The van der Waals surface area contributed by atoms with Crippen LogP contribution in [0.1, 0.15) is 35.1 Å². The Kier molecular flexibility index (Phi) is 7.41. The molecule has 1 saturated heterocycles. The van der Waals surface area contributed by atoms with Gasteiger partial charge in [-0.15, -0.1) is 0 Å². The molecular weight excluding hydrogens is 453 g/mol. The standard InChI is InChI=1S/C23H25F3N4O4/c1-15-18(5-3-2-4-8-28-9-11-29(12-10-28)22(33)34)21(32)30(20(15)31)17-7-6-16(14-27)19(13-17)23(24,25)26/h3,5-7,13,31-32H,2,4,8-12H2,1H3,(H,33,34). The monoisotopic (exact) mass is 478 g/mol. The molecule has 1 aromatic carbocycles. The summed E-state index contributed by atoms with van der Waals surface area (Å²) in [6.45, 7) is 4.59. The number of benzene rings is 1. The maximum atomic E-state index is 13.3. The zero-order valence-electron chi connectivity index (χ0n) is 18.5. The molecule has 34 heavy (non-hydrogen) atoms. The number of carboxylic acid groups (broad SMARTS) is 1. The van der Waals surface area contributed by atoms with Gasteiger partial charge in [0, 0.05) is 37.3 Å². The van der Waals surface area contributed by atoms with Crippen molar-refractivity contribution in [2.45, 2.75) is 25.9 Å². The second-order valence-corrected chi connectivity index (χ2v) is 8.02. The normalized spacial score (nSPS) is 15.1. The highest BCUT2D eigenvalue weighted by Gasteiger charge is 2.34. The number of aromatic hydroxyl groups is 2. The van der Waals surface area contributed by atoms with Crippen LogP contribution in [0.3, 0.4) is 0 Å². The molecule has 0 radical (unpaired) electrons. The third kappa shape index (κ3) is 5.28. The Morgan fingerprint density at radius 1 is 1.18 bits per heavy atom. The average molecular weight is 478 g/mol. The first-order chi connectivity index (χ1) is 16.0. The summed E-state index contributed by atoms with van der Waals surface area (Å²) in [4.78, 5) is 14.5. The van der Waals surface area contributed by atoms with Crippen LogP contribution in [0.25, 0.3) is 11.8 Å². The van der Waals surface area contributed by atoms with Crippen LogP contribution in [0.5, 0.6) is 11.8 Å². The number of halogens is 3. The van der Waals surface area contributed by atoms with Gasteiger partial charge in [0.25, 0.3) is 0 Å². The highest BCUT2D eigenvalue weighted by atomic mass is 19.4. The van der Waals surface area contributed by atoms with E-state index in [0.717, 1.165) is 29.7 Å². The molecule has 0 unspecified atom stereocenters. The highest BCUT2D eigenvalue weighted by Crippen LogP contribution is 2.39. The number of carbonyl (C=O) groups is 1. The van der Waals surface area contributed by atoms with E-state index in [9.17, 15) is 28.2 Å². The number of unbranched alkanes of at least 4 members (excludes halogenated alkanes) is 1. The predicted molar refractivity (Wildman–Crippen MR) is 118 cm³/mol. The van der Waals surface area contributed by atoms with E-state index < -0.39 is 35.2 Å². The SMILES string of the molecule is Cc1c(C=CCCCN2CCN(C(=O)O)CC2)c(O)n(-c2ccc(C#N)c(C(F)(F)F)c2)c1O. The predicted octanol–water partition coefficient (Wildman–Crippen LogP) is 4.18. The quantitative estimate of drug-likeness (QED) is 0.537. The lowest BCUT2D eigenvalue weighted by Crippen LogP contribution is -2.48. The van der Waals surface area contributed by atoms with Crippen LogP contribution in [0, 0.1) is 18.3 Å². The van der Waals surface area contributed by atoms with Crippen molar-refractivity contribution in [2.75, 3.05) is 32.7 Å². The summed E-state index contributed by atoms with van der Waals surface area (Å²) in [5.74, 6) is -0.805. The number of aromatic nitrogens is 1. The molecule has 1 aliphatic heterocycles. The Morgan fingerprint density at radius 2 is 1.85 bits per heavy atom. The third-order valence-corrected chi connectivity index (χ3v) is 5.86. The molecule has 8 nitrogen and oxygen atoms in total. The zero-order valence-corrected chi connectivity index (χ0v) is 18.5. The molecule has 2 heterocycles. The van der Waals surface area contributed by atoms with E-state index in [0.29, 0.717) is 38.2 Å². The van der Waals surface area contributed by atoms with E-state index in [1.807, 2.05) is 0 Å². The van der Waals surface area contributed by atoms with E-state index in [-0.39, 0.29) is 11.3 Å². The van der Waals surface area contributed by atoms with Crippen LogP contribution in [-0.2, 0) is 6.18 Å². The molecule has 1 fully saturated rings. The van der Waals surface area contributed by atoms with E-state index in [1.54, 1.807) is 19.1 Å². The highest BCUT2D eigenvalue weighted by molar-refractivity contribution is 5.66. The molecular formula is C23H25F3N4O4. The lowest BCUT2D eigenvalue weighted by atomic mass is 10.1. The summed E-state index contributed by atoms with van der Waals surface area (Å²) in [6, 6.07) is 4.44. The first-order valence-electron chi connectivity index (χ1n) is 10.7. The average Bonchev–Trinajstić information content (AvgIpc) is 3.01. The lowest BCUT2D eigenvalue weighted by Gasteiger charge is -2.32. The number of amides is 1. The van der Waals surface area contributed by atoms with E-state index >= 15 is 0 Å². The smallest absolute Gasteiger partial charge is 0.417 e. The van der Waals surface area contributed by atoms with Gasteiger partial charge in [0.2, 0.25) is 11.8 Å². The van der Waals surface area contributed by atoms with Crippen molar-refractivity contribution in [1.29, 1.82) is 5.26 Å². The van der Waals surface area contributed by atoms with Crippen LogP contribution in [0.2, 0.25) is 0 Å². The molecule has 0 bridgehead atoms. The Bertz CT molecular complexity index is 1130. The second-order valence-electron chi connectivity index (χ2n) is 8.02. The summed E-state index contributed by atoms with van der Waals surface area (Å²) >= 11 is 0. The maximum absolute atomic E-state index is 13.3. The first-order valence-corrected chi connectivity index (χ1v) is 10.7. The van der Waals surface area contributed by atoms with Gasteiger partial charge in [-0.3, -0.25) is 9.47 Å². The van der Waals surface area contributed by atoms with Gasteiger partial charge in [-0.05, 0) is 44.5 Å². The fourth-order valence-corrected chi connectivity index (χ4v) is 3.92. The van der Waals surface area contributed by atoms with Crippen molar-refractivity contribution in [1.82, 2.24) is 14.4 Å². The van der Waals surface area contributed by atoms with Crippen LogP contribution in [-0.4, -0.2) is 68.5 Å². The number of rotatable bonds is 6. The summed E-state index contributed by atoms with van der Waals surface area (Å²) in [6.07, 6.45) is -0.822. The molecule has 1 aromatic heterocycles. The summed E-state index contributed by atoms with van der Waals surface area (Å²) in [5.41, 5.74) is -1.24. The number of allylic oxidation sites excluding steroid dienone is 1. The molecule has 0 aliphatic carbocycles. The molecule has 182 valence electrons. The number of hydrogen-bond acceptors (Lipinski definition) is 5. The van der Waals surface area contributed by atoms with Gasteiger partial charge in [0.15, 0.2) is 0 Å². The molecule has 11 heteroatoms. The molecule has 1 amide bonds. The van der Waals surface area contributed by atoms with Crippen molar-refractivity contribution in [3.8, 4) is 23.5 Å². The fraction of sp³-hybridized carbons (Fsp3) is 0.391. The number of nitriles is 1. The van der Waals surface area contributed by atoms with Gasteiger partial charge >= 0.3 is 12.3 Å². The molecule has 1 aliphatic rings. The van der Waals surface area contributed by atoms with Crippen molar-refractivity contribution in [3.05, 3.63) is 46.5 Å². The lowest BCUT2D eigenvalue weighted by molar-refractivity contribution is -0.137. The van der Waals surface area contributed by atoms with Gasteiger partial charge < -0.3 is 20.2 Å². The van der Waals surface area contributed by atoms with E-state index in [1.165, 1.54) is 17.0 Å². The van der Waals surface area contributed by atoms with E-state index in [4.69, 9.17) is 10.4 Å². The minimum atomic E-state index is -4.77. The summed E-state index contributed by atoms with van der Waals surface area (Å²) in [7, 11) is 0. The summed E-state index contributed by atoms with van der Waals surface area (Å²) in [5, 5.41) is 39.1. The van der Waals surface area contributed by atoms with Crippen LogP contribution in [0.15, 0.2) is 24.3 Å². The molecule has 0 saturated carbocycles. The maximum Gasteiger partial charge on any atom is 0.417 e. The second kappa shape index (κ2) is 10.1. The molecule has 2 aromatic rings. The summed E-state index contributed by atoms with van der Waals surface area (Å²) < 4.78 is 40.9. The fourth-order valence-electron chi connectivity index (χ4n) is 3.92. The van der Waals surface area contributed by atoms with Gasteiger partial charge in [-0.1, -0.05) is 12.2 Å². The van der Waals surface area contributed by atoms with Crippen LogP contribution in [0.4, 0.5) is 18.0 Å². The van der Waals surface area contributed by atoms with Crippen molar-refractivity contribution < 1.29 is 33.3 Å². The zero-order chi connectivity index (χ0) is 25.0. The van der Waals surface area contributed by atoms with Gasteiger partial charge in [-0.25, -0.2) is 4.79 Å². The Balaban J connectivity index is 1.70. The molecule has 0 spiro atoms. The number of hydrogen-bond donors (Lipinski definition) is 3. The van der Waals surface area contributed by atoms with Gasteiger partial charge in [0.05, 0.1) is 22.9 Å². The third-order valence-electron chi connectivity index (χ3n) is 5.86.